The van der Waals surface area contributed by atoms with Crippen molar-refractivity contribution in [3.63, 3.8) is 0 Å². The number of methoxy groups -OCH3 is 1. The van der Waals surface area contributed by atoms with Gasteiger partial charge in [0, 0.05) is 36.3 Å². The Labute approximate surface area is 166 Å². The first-order valence-electron chi connectivity index (χ1n) is 9.43. The Balaban J connectivity index is 0.000000166. The molecule has 1 aliphatic carbocycles. The van der Waals surface area contributed by atoms with E-state index in [0.29, 0.717) is 6.54 Å². The normalized spacial score (nSPS) is 21.2. The number of halogens is 1. The number of hydrogen-bond acceptors (Lipinski definition) is 4. The summed E-state index contributed by atoms with van der Waals surface area (Å²) in [5, 5.41) is 0. The van der Waals surface area contributed by atoms with Gasteiger partial charge in [0.05, 0.1) is 12.8 Å². The van der Waals surface area contributed by atoms with Gasteiger partial charge in [-0.25, -0.2) is 4.39 Å². The van der Waals surface area contributed by atoms with Crippen LogP contribution in [0.3, 0.4) is 0 Å². The van der Waals surface area contributed by atoms with Crippen molar-refractivity contribution >= 4 is 11.8 Å². The van der Waals surface area contributed by atoms with Crippen LogP contribution in [0.25, 0.3) is 11.3 Å². The molecule has 27 heavy (non-hydrogen) atoms. The Morgan fingerprint density at radius 2 is 1.81 bits per heavy atom. The Morgan fingerprint density at radius 3 is 2.30 bits per heavy atom. The molecule has 1 aromatic heterocycles. The molecular formula is C22H29FN2OS. The van der Waals surface area contributed by atoms with Crippen molar-refractivity contribution in [3.05, 3.63) is 42.6 Å². The minimum Gasteiger partial charge on any atom is -0.497 e. The number of piperidine rings is 1. The molecule has 1 aromatic carbocycles. The van der Waals surface area contributed by atoms with Gasteiger partial charge in [-0.05, 0) is 74.8 Å². The summed E-state index contributed by atoms with van der Waals surface area (Å²) in [5.41, 5.74) is 1.09. The van der Waals surface area contributed by atoms with Gasteiger partial charge in [-0.1, -0.05) is 0 Å². The molecule has 4 rings (SSSR count). The lowest BCUT2D eigenvalue weighted by molar-refractivity contribution is 0.134. The fraction of sp³-hybridized carbons (Fsp3) is 0.500. The summed E-state index contributed by atoms with van der Waals surface area (Å²) in [7, 11) is 1.67. The van der Waals surface area contributed by atoms with Gasteiger partial charge in [0.2, 0.25) is 0 Å². The first-order chi connectivity index (χ1) is 12.9. The van der Waals surface area contributed by atoms with Crippen LogP contribution in [0.4, 0.5) is 4.39 Å². The molecule has 2 atom stereocenters. The molecule has 146 valence electrons. The maximum Gasteiger partial charge on any atom is 0.118 e. The predicted octanol–water partition coefficient (Wildman–Crippen LogP) is 5.17. The molecule has 2 aliphatic rings. The van der Waals surface area contributed by atoms with Gasteiger partial charge in [0.15, 0.2) is 0 Å². The highest BCUT2D eigenvalue weighted by Crippen LogP contribution is 2.45. The minimum atomic E-state index is -1.00. The van der Waals surface area contributed by atoms with Crippen LogP contribution in [0.15, 0.2) is 47.5 Å². The van der Waals surface area contributed by atoms with Crippen LogP contribution < -0.4 is 4.74 Å². The maximum absolute atomic E-state index is 13.1. The van der Waals surface area contributed by atoms with Gasteiger partial charge in [0.25, 0.3) is 0 Å². The Kier molecular flexibility index (Phi) is 6.43. The lowest BCUT2D eigenvalue weighted by Crippen LogP contribution is -2.35. The second kappa shape index (κ2) is 8.61. The molecule has 2 unspecified atom stereocenters. The standard InChI is InChI=1S/C13H13NOS.C9H16FN/c1-15-11-5-3-10(4-6-11)13-8-7-12(16-2)9-14-13;1-9(2,10)6-11-4-7-3-8(7)5-11/h3-9H,1-2H3;7-8H,3-6H2,1-2H3. The molecular weight excluding hydrogens is 359 g/mol. The highest BCUT2D eigenvalue weighted by Gasteiger charge is 2.45. The number of benzene rings is 1. The van der Waals surface area contributed by atoms with Crippen molar-refractivity contribution in [2.45, 2.75) is 30.8 Å². The molecule has 1 saturated heterocycles. The van der Waals surface area contributed by atoms with Crippen molar-refractivity contribution < 1.29 is 9.13 Å². The Morgan fingerprint density at radius 1 is 1.15 bits per heavy atom. The molecule has 0 N–H and O–H groups in total. The summed E-state index contributed by atoms with van der Waals surface area (Å²) < 4.78 is 18.3. The van der Waals surface area contributed by atoms with E-state index in [2.05, 4.69) is 16.0 Å². The van der Waals surface area contributed by atoms with Gasteiger partial charge < -0.3 is 4.74 Å². The molecule has 5 heteroatoms. The van der Waals surface area contributed by atoms with Crippen molar-refractivity contribution in [1.29, 1.82) is 0 Å². The van der Waals surface area contributed by atoms with Crippen LogP contribution in [0.5, 0.6) is 5.75 Å². The summed E-state index contributed by atoms with van der Waals surface area (Å²) in [6, 6.07) is 12.0. The average Bonchev–Trinajstić information content (AvgIpc) is 3.27. The molecule has 1 saturated carbocycles. The van der Waals surface area contributed by atoms with Crippen LogP contribution in [-0.4, -0.2) is 48.6 Å². The second-order valence-electron chi connectivity index (χ2n) is 7.98. The van der Waals surface area contributed by atoms with Crippen LogP contribution in [0.2, 0.25) is 0 Å². The van der Waals surface area contributed by atoms with Crippen molar-refractivity contribution in [1.82, 2.24) is 9.88 Å². The highest BCUT2D eigenvalue weighted by atomic mass is 32.2. The first kappa shape index (κ1) is 20.2. The van der Waals surface area contributed by atoms with E-state index in [1.165, 1.54) is 11.3 Å². The second-order valence-corrected chi connectivity index (χ2v) is 8.86. The van der Waals surface area contributed by atoms with Crippen LogP contribution in [-0.2, 0) is 0 Å². The molecule has 0 bridgehead atoms. The summed E-state index contributed by atoms with van der Waals surface area (Å²) in [5.74, 6) is 2.72. The number of fused-ring (bicyclic) bond motifs is 1. The van der Waals surface area contributed by atoms with Crippen molar-refractivity contribution in [3.8, 4) is 17.0 Å². The van der Waals surface area contributed by atoms with E-state index in [0.717, 1.165) is 41.9 Å². The number of pyridine rings is 1. The fourth-order valence-electron chi connectivity index (χ4n) is 3.59. The Bertz CT molecular complexity index is 672. The van der Waals surface area contributed by atoms with E-state index in [4.69, 9.17) is 4.74 Å². The predicted molar refractivity (Wildman–Crippen MR) is 111 cm³/mol. The smallest absolute Gasteiger partial charge is 0.118 e. The molecule has 1 aliphatic heterocycles. The zero-order valence-electron chi connectivity index (χ0n) is 16.6. The van der Waals surface area contributed by atoms with Gasteiger partial charge in [-0.15, -0.1) is 11.8 Å². The van der Waals surface area contributed by atoms with E-state index in [1.807, 2.05) is 42.8 Å². The third kappa shape index (κ3) is 5.94. The average molecular weight is 389 g/mol. The minimum absolute atomic E-state index is 0.625. The largest absolute Gasteiger partial charge is 0.497 e. The van der Waals surface area contributed by atoms with E-state index >= 15 is 0 Å². The van der Waals surface area contributed by atoms with Crippen molar-refractivity contribution in [2.75, 3.05) is 33.0 Å². The number of nitrogens with zero attached hydrogens (tertiary/aromatic N) is 2. The molecule has 3 nitrogen and oxygen atoms in total. The van der Waals surface area contributed by atoms with Gasteiger partial charge in [0.1, 0.15) is 11.4 Å². The summed E-state index contributed by atoms with van der Waals surface area (Å²) in [6.07, 6.45) is 5.34. The molecule has 0 spiro atoms. The Hall–Kier alpha value is -1.59. The van der Waals surface area contributed by atoms with E-state index in [-0.39, 0.29) is 0 Å². The number of likely N-dealkylation sites (tertiary alicyclic amines) is 1. The molecule has 2 heterocycles. The summed E-state index contributed by atoms with van der Waals surface area (Å²) in [6.45, 7) is 6.25. The third-order valence-electron chi connectivity index (χ3n) is 5.01. The maximum atomic E-state index is 13.1. The zero-order chi connectivity index (χ0) is 19.4. The summed E-state index contributed by atoms with van der Waals surface area (Å²) >= 11 is 1.70. The highest BCUT2D eigenvalue weighted by molar-refractivity contribution is 7.98. The fourth-order valence-corrected chi connectivity index (χ4v) is 3.95. The molecule has 2 aromatic rings. The number of rotatable bonds is 5. The number of hydrogen-bond donors (Lipinski definition) is 0. The van der Waals surface area contributed by atoms with Gasteiger partial charge in [-0.3, -0.25) is 9.88 Å². The quantitative estimate of drug-likeness (QED) is 0.660. The van der Waals surface area contributed by atoms with Gasteiger partial charge >= 0.3 is 0 Å². The van der Waals surface area contributed by atoms with E-state index in [1.54, 1.807) is 32.7 Å². The monoisotopic (exact) mass is 388 g/mol. The lowest BCUT2D eigenvalue weighted by Gasteiger charge is -2.23. The number of aromatic nitrogens is 1. The van der Waals surface area contributed by atoms with Crippen molar-refractivity contribution in [2.24, 2.45) is 11.8 Å². The zero-order valence-corrected chi connectivity index (χ0v) is 17.4. The van der Waals surface area contributed by atoms with Crippen LogP contribution in [0.1, 0.15) is 20.3 Å². The molecule has 0 radical (unpaired) electrons. The van der Waals surface area contributed by atoms with E-state index in [9.17, 15) is 4.39 Å². The number of thioether (sulfide) groups is 1. The van der Waals surface area contributed by atoms with E-state index < -0.39 is 5.67 Å². The lowest BCUT2D eigenvalue weighted by atomic mass is 10.1. The first-order valence-corrected chi connectivity index (χ1v) is 10.7. The molecule has 2 fully saturated rings. The topological polar surface area (TPSA) is 25.4 Å². The molecule has 0 amide bonds. The number of alkyl halides is 1. The summed E-state index contributed by atoms with van der Waals surface area (Å²) in [4.78, 5) is 7.85. The SMILES string of the molecule is CC(C)(F)CN1CC2CC2C1.COc1ccc(-c2ccc(SC)cn2)cc1. The van der Waals surface area contributed by atoms with Gasteiger partial charge in [-0.2, -0.15) is 0 Å². The third-order valence-corrected chi connectivity index (χ3v) is 5.72. The van der Waals surface area contributed by atoms with Crippen LogP contribution in [0, 0.1) is 11.8 Å². The van der Waals surface area contributed by atoms with Crippen LogP contribution >= 0.6 is 11.8 Å². The number of ether oxygens (including phenoxy) is 1.